The number of carbonyl (C=O) groups is 1. The quantitative estimate of drug-likeness (QED) is 0.273. The summed E-state index contributed by atoms with van der Waals surface area (Å²) in [7, 11) is 1.39. The van der Waals surface area contributed by atoms with Crippen molar-refractivity contribution < 1.29 is 18.0 Å². The highest BCUT2D eigenvalue weighted by molar-refractivity contribution is 5.94. The van der Waals surface area contributed by atoms with Crippen LogP contribution in [-0.4, -0.2) is 24.1 Å². The molecule has 1 rings (SSSR count). The molecule has 0 aliphatic rings. The number of rotatable bonds is 5. The number of hydrazine groups is 1. The van der Waals surface area contributed by atoms with E-state index in [0.29, 0.717) is 5.56 Å². The summed E-state index contributed by atoms with van der Waals surface area (Å²) in [4.78, 5) is 11.0. The van der Waals surface area contributed by atoms with Gasteiger partial charge in [0.1, 0.15) is 0 Å². The van der Waals surface area contributed by atoms with E-state index in [4.69, 9.17) is 17.3 Å². The number of hydrogen-bond acceptors (Lipinski definition) is 4. The Morgan fingerprint density at radius 3 is 2.07 bits per heavy atom. The molecular formula is C21H33F3N4O. The fourth-order valence-corrected chi connectivity index (χ4v) is 1.89. The number of benzene rings is 1. The number of nitrogen functional groups attached to an aromatic ring is 1. The Balaban J connectivity index is 0. The molecule has 0 heterocycles. The number of nitrogens with zero attached hydrogens (tertiary/aromatic N) is 1. The number of primary amides is 1. The van der Waals surface area contributed by atoms with Crippen molar-refractivity contribution >= 4 is 17.3 Å². The SMILES string of the molecule is C/C=C\C=C(C)C.CC.CN(N)/C(=C\CC(F)(F)F)c1ccc(C(N)=O)cc1N. The van der Waals surface area contributed by atoms with Crippen LogP contribution in [-0.2, 0) is 0 Å². The molecule has 0 bridgehead atoms. The van der Waals surface area contributed by atoms with Crippen molar-refractivity contribution in [1.29, 1.82) is 0 Å². The monoisotopic (exact) mass is 414 g/mol. The molecule has 0 saturated heterocycles. The zero-order valence-electron chi connectivity index (χ0n) is 18.0. The zero-order valence-corrected chi connectivity index (χ0v) is 18.0. The van der Waals surface area contributed by atoms with E-state index < -0.39 is 18.5 Å². The van der Waals surface area contributed by atoms with Crippen molar-refractivity contribution in [3.63, 3.8) is 0 Å². The molecule has 0 aliphatic carbocycles. The molecule has 8 heteroatoms. The van der Waals surface area contributed by atoms with Crippen LogP contribution in [0.2, 0.25) is 0 Å². The first kappa shape index (κ1) is 28.5. The molecule has 0 atom stereocenters. The number of amides is 1. The first-order chi connectivity index (χ1) is 13.4. The third kappa shape index (κ3) is 13.1. The highest BCUT2D eigenvalue weighted by atomic mass is 19.4. The van der Waals surface area contributed by atoms with Crippen LogP contribution in [0, 0.1) is 0 Å². The number of hydrogen-bond donors (Lipinski definition) is 3. The predicted octanol–water partition coefficient (Wildman–Crippen LogP) is 5.02. The van der Waals surface area contributed by atoms with Gasteiger partial charge in [0.05, 0.1) is 12.1 Å². The van der Waals surface area contributed by atoms with Crippen molar-refractivity contribution in [2.24, 2.45) is 11.6 Å². The molecule has 0 spiro atoms. The molecule has 0 radical (unpaired) electrons. The largest absolute Gasteiger partial charge is 0.398 e. The summed E-state index contributed by atoms with van der Waals surface area (Å²) in [6.07, 6.45) is 1.59. The molecule has 1 aromatic rings. The molecule has 0 saturated carbocycles. The van der Waals surface area contributed by atoms with Crippen molar-refractivity contribution in [2.45, 2.75) is 47.2 Å². The van der Waals surface area contributed by atoms with Crippen molar-refractivity contribution in [3.8, 4) is 0 Å². The Morgan fingerprint density at radius 2 is 1.76 bits per heavy atom. The third-order valence-electron chi connectivity index (χ3n) is 3.14. The number of alkyl halides is 3. The molecular weight excluding hydrogens is 381 g/mol. The Labute approximate surface area is 171 Å². The second-order valence-corrected chi connectivity index (χ2v) is 5.96. The average molecular weight is 415 g/mol. The van der Waals surface area contributed by atoms with Crippen LogP contribution in [0.4, 0.5) is 18.9 Å². The lowest BCUT2D eigenvalue weighted by Gasteiger charge is -2.19. The molecule has 29 heavy (non-hydrogen) atoms. The molecule has 5 nitrogen and oxygen atoms in total. The van der Waals surface area contributed by atoms with E-state index >= 15 is 0 Å². The van der Waals surface area contributed by atoms with Crippen LogP contribution in [0.3, 0.4) is 0 Å². The Hall–Kier alpha value is -2.74. The van der Waals surface area contributed by atoms with Crippen molar-refractivity contribution in [2.75, 3.05) is 12.8 Å². The maximum absolute atomic E-state index is 12.3. The fourth-order valence-electron chi connectivity index (χ4n) is 1.89. The summed E-state index contributed by atoms with van der Waals surface area (Å²) >= 11 is 0. The predicted molar refractivity (Wildman–Crippen MR) is 116 cm³/mol. The summed E-state index contributed by atoms with van der Waals surface area (Å²) in [5.74, 6) is 4.84. The average Bonchev–Trinajstić information content (AvgIpc) is 2.62. The van der Waals surface area contributed by atoms with E-state index in [1.54, 1.807) is 0 Å². The minimum absolute atomic E-state index is 0.107. The highest BCUT2D eigenvalue weighted by Gasteiger charge is 2.26. The minimum Gasteiger partial charge on any atom is -0.398 e. The van der Waals surface area contributed by atoms with Gasteiger partial charge in [-0.05, 0) is 39.0 Å². The summed E-state index contributed by atoms with van der Waals surface area (Å²) in [5, 5.41) is 1.03. The Kier molecular flexibility index (Phi) is 14.0. The van der Waals surface area contributed by atoms with E-state index in [1.807, 2.05) is 32.9 Å². The highest BCUT2D eigenvalue weighted by Crippen LogP contribution is 2.27. The summed E-state index contributed by atoms with van der Waals surface area (Å²) < 4.78 is 36.8. The lowest BCUT2D eigenvalue weighted by atomic mass is 10.0. The van der Waals surface area contributed by atoms with Crippen molar-refractivity contribution in [3.05, 3.63) is 59.2 Å². The smallest absolute Gasteiger partial charge is 0.392 e. The Bertz CT molecular complexity index is 717. The second kappa shape index (κ2) is 14.3. The van der Waals surface area contributed by atoms with Gasteiger partial charge >= 0.3 is 6.18 Å². The maximum Gasteiger partial charge on any atom is 0.392 e. The molecule has 6 N–H and O–H groups in total. The van der Waals surface area contributed by atoms with Crippen LogP contribution in [0.15, 0.2) is 48.1 Å². The van der Waals surface area contributed by atoms with Gasteiger partial charge in [0.2, 0.25) is 5.91 Å². The van der Waals surface area contributed by atoms with E-state index in [9.17, 15) is 18.0 Å². The topological polar surface area (TPSA) is 98.4 Å². The molecule has 164 valence electrons. The molecule has 0 aromatic heterocycles. The zero-order chi connectivity index (χ0) is 23.2. The van der Waals surface area contributed by atoms with Crippen LogP contribution >= 0.6 is 0 Å². The van der Waals surface area contributed by atoms with Gasteiger partial charge in [-0.3, -0.25) is 4.79 Å². The third-order valence-corrected chi connectivity index (χ3v) is 3.14. The van der Waals surface area contributed by atoms with Gasteiger partial charge in [0.15, 0.2) is 0 Å². The van der Waals surface area contributed by atoms with Gasteiger partial charge in [0.25, 0.3) is 0 Å². The number of allylic oxidation sites excluding steroid dienone is 5. The standard InChI is InChI=1S/C12H15F3N4O.C7H12.C2H6/c1-19(18)10(4-5-12(13,14)15)8-3-2-7(11(17)20)6-9(8)16;1-4-5-6-7(2)3;1-2/h2-4,6H,5,16,18H2,1H3,(H2,17,20);4-6H,1-3H3;1-2H3/b10-4-;5-4-;. The first-order valence-electron chi connectivity index (χ1n) is 9.10. The van der Waals surface area contributed by atoms with Gasteiger partial charge in [0, 0.05) is 23.9 Å². The number of carbonyl (C=O) groups excluding carboxylic acids is 1. The Morgan fingerprint density at radius 1 is 1.21 bits per heavy atom. The van der Waals surface area contributed by atoms with E-state index in [0.717, 1.165) is 11.1 Å². The van der Waals surface area contributed by atoms with Gasteiger partial charge < -0.3 is 16.5 Å². The molecule has 0 fully saturated rings. The minimum atomic E-state index is -4.34. The van der Waals surface area contributed by atoms with E-state index in [1.165, 1.54) is 30.8 Å². The molecule has 1 aromatic carbocycles. The summed E-state index contributed by atoms with van der Waals surface area (Å²) in [5.41, 5.74) is 12.9. The molecule has 0 aliphatic heterocycles. The number of nitrogens with two attached hydrogens (primary N) is 3. The van der Waals surface area contributed by atoms with Crippen molar-refractivity contribution in [1.82, 2.24) is 5.01 Å². The van der Waals surface area contributed by atoms with Crippen LogP contribution in [0.5, 0.6) is 0 Å². The summed E-state index contributed by atoms with van der Waals surface area (Å²) in [6, 6.07) is 4.07. The van der Waals surface area contributed by atoms with Crippen LogP contribution in [0.25, 0.3) is 5.70 Å². The van der Waals surface area contributed by atoms with E-state index in [2.05, 4.69) is 19.9 Å². The van der Waals surface area contributed by atoms with Crippen LogP contribution < -0.4 is 17.3 Å². The van der Waals surface area contributed by atoms with Gasteiger partial charge in [-0.25, -0.2) is 5.84 Å². The molecule has 0 unspecified atom stereocenters. The van der Waals surface area contributed by atoms with E-state index in [-0.39, 0.29) is 16.9 Å². The maximum atomic E-state index is 12.3. The fraction of sp³-hybridized carbons (Fsp3) is 0.381. The lowest BCUT2D eigenvalue weighted by Crippen LogP contribution is -2.25. The molecule has 1 amide bonds. The lowest BCUT2D eigenvalue weighted by molar-refractivity contribution is -0.125. The van der Waals surface area contributed by atoms with Crippen LogP contribution in [0.1, 0.15) is 57.0 Å². The first-order valence-corrected chi connectivity index (χ1v) is 9.10. The van der Waals surface area contributed by atoms with Gasteiger partial charge in [-0.2, -0.15) is 13.2 Å². The normalized spacial score (nSPS) is 11.0. The second-order valence-electron chi connectivity index (χ2n) is 5.96. The van der Waals surface area contributed by atoms with Gasteiger partial charge in [-0.15, -0.1) is 0 Å². The van der Waals surface area contributed by atoms with Gasteiger partial charge in [-0.1, -0.05) is 43.7 Å². The number of halogens is 3. The summed E-state index contributed by atoms with van der Waals surface area (Å²) in [6.45, 7) is 10.2. The number of anilines is 1.